The van der Waals surface area contributed by atoms with Gasteiger partial charge in [-0.15, -0.1) is 0 Å². The first-order valence-corrected chi connectivity index (χ1v) is 5.19. The van der Waals surface area contributed by atoms with Gasteiger partial charge in [0.05, 0.1) is 5.69 Å². The van der Waals surface area contributed by atoms with E-state index in [1.165, 1.54) is 0 Å². The predicted molar refractivity (Wildman–Crippen MR) is 57.5 cm³/mol. The molecule has 78 valence electrons. The van der Waals surface area contributed by atoms with Gasteiger partial charge in [0.1, 0.15) is 13.1 Å². The number of hydrogen-bond acceptors (Lipinski definition) is 4. The molecule has 0 atom stereocenters. The molecule has 0 saturated carbocycles. The Hall–Kier alpha value is -1.36. The summed E-state index contributed by atoms with van der Waals surface area (Å²) >= 11 is 3.37. The number of para-hydroxylation sites is 1. The minimum Gasteiger partial charge on any atom is -0.390 e. The van der Waals surface area contributed by atoms with E-state index >= 15 is 0 Å². The van der Waals surface area contributed by atoms with Crippen molar-refractivity contribution in [3.63, 3.8) is 0 Å². The molecule has 1 heterocycles. The SMILES string of the molecule is O=C1CN(c2ccccc2Br)CC(=O)O1. The maximum atomic E-state index is 11.1. The Morgan fingerprint density at radius 3 is 2.33 bits per heavy atom. The van der Waals surface area contributed by atoms with E-state index in [9.17, 15) is 9.59 Å². The molecule has 0 N–H and O–H groups in total. The number of benzene rings is 1. The molecular weight excluding hydrogens is 262 g/mol. The van der Waals surface area contributed by atoms with Gasteiger partial charge in [0, 0.05) is 4.47 Å². The highest BCUT2D eigenvalue weighted by molar-refractivity contribution is 9.10. The summed E-state index contributed by atoms with van der Waals surface area (Å²) in [6.45, 7) is 0.211. The molecule has 0 aliphatic carbocycles. The van der Waals surface area contributed by atoms with Crippen LogP contribution in [0.1, 0.15) is 0 Å². The molecule has 5 heteroatoms. The topological polar surface area (TPSA) is 46.6 Å². The van der Waals surface area contributed by atoms with Gasteiger partial charge in [-0.3, -0.25) is 0 Å². The number of carbonyl (C=O) groups excluding carboxylic acids is 2. The van der Waals surface area contributed by atoms with Crippen LogP contribution in [0.4, 0.5) is 5.69 Å². The average Bonchev–Trinajstić information content (AvgIpc) is 2.16. The Bertz CT molecular complexity index is 403. The minimum absolute atomic E-state index is 0.106. The lowest BCUT2D eigenvalue weighted by Crippen LogP contribution is -2.43. The van der Waals surface area contributed by atoms with Gasteiger partial charge in [0.25, 0.3) is 0 Å². The average molecular weight is 270 g/mol. The van der Waals surface area contributed by atoms with E-state index < -0.39 is 11.9 Å². The van der Waals surface area contributed by atoms with Crippen molar-refractivity contribution in [2.75, 3.05) is 18.0 Å². The van der Waals surface area contributed by atoms with Crippen molar-refractivity contribution >= 4 is 33.6 Å². The van der Waals surface area contributed by atoms with Crippen LogP contribution in [0.5, 0.6) is 0 Å². The Morgan fingerprint density at radius 2 is 1.73 bits per heavy atom. The second-order valence-corrected chi connectivity index (χ2v) is 4.01. The molecule has 1 aliphatic rings. The lowest BCUT2D eigenvalue weighted by Gasteiger charge is -2.26. The molecule has 2 rings (SSSR count). The quantitative estimate of drug-likeness (QED) is 0.570. The molecule has 4 nitrogen and oxygen atoms in total. The number of anilines is 1. The zero-order valence-electron chi connectivity index (χ0n) is 7.77. The van der Waals surface area contributed by atoms with Crippen molar-refractivity contribution in [1.29, 1.82) is 0 Å². The van der Waals surface area contributed by atoms with E-state index in [4.69, 9.17) is 0 Å². The van der Waals surface area contributed by atoms with Crippen molar-refractivity contribution in [1.82, 2.24) is 0 Å². The standard InChI is InChI=1S/C10H8BrNO3/c11-7-3-1-2-4-8(7)12-5-9(13)15-10(14)6-12/h1-4H,5-6H2. The predicted octanol–water partition coefficient (Wildman–Crippen LogP) is 1.34. The smallest absolute Gasteiger partial charge is 0.333 e. The number of cyclic esters (lactones) is 2. The summed E-state index contributed by atoms with van der Waals surface area (Å²) in [5.41, 5.74) is 0.822. The first-order valence-electron chi connectivity index (χ1n) is 4.40. The van der Waals surface area contributed by atoms with Crippen LogP contribution in [0.25, 0.3) is 0 Å². The number of ether oxygens (including phenoxy) is 1. The highest BCUT2D eigenvalue weighted by Crippen LogP contribution is 2.26. The second kappa shape index (κ2) is 4.02. The van der Waals surface area contributed by atoms with E-state index in [0.717, 1.165) is 10.2 Å². The molecular formula is C10H8BrNO3. The fraction of sp³-hybridized carbons (Fsp3) is 0.200. The number of halogens is 1. The van der Waals surface area contributed by atoms with Gasteiger partial charge in [-0.1, -0.05) is 12.1 Å². The number of esters is 2. The van der Waals surface area contributed by atoms with Gasteiger partial charge in [-0.05, 0) is 28.1 Å². The lowest BCUT2D eigenvalue weighted by molar-refractivity contribution is -0.160. The van der Waals surface area contributed by atoms with Crippen molar-refractivity contribution in [3.05, 3.63) is 28.7 Å². The normalized spacial score (nSPS) is 16.5. The monoisotopic (exact) mass is 269 g/mol. The van der Waals surface area contributed by atoms with Gasteiger partial charge < -0.3 is 9.64 Å². The van der Waals surface area contributed by atoms with Gasteiger partial charge in [0.15, 0.2) is 0 Å². The van der Waals surface area contributed by atoms with Crippen LogP contribution in [-0.2, 0) is 14.3 Å². The molecule has 1 fully saturated rings. The Balaban J connectivity index is 2.27. The molecule has 1 saturated heterocycles. The number of carbonyl (C=O) groups is 2. The molecule has 0 unspecified atom stereocenters. The molecule has 0 amide bonds. The maximum Gasteiger partial charge on any atom is 0.333 e. The lowest BCUT2D eigenvalue weighted by atomic mass is 10.2. The Morgan fingerprint density at radius 1 is 1.13 bits per heavy atom. The summed E-state index contributed by atoms with van der Waals surface area (Å²) in [7, 11) is 0. The molecule has 0 bridgehead atoms. The molecule has 0 radical (unpaired) electrons. The first-order chi connectivity index (χ1) is 7.16. The third kappa shape index (κ3) is 2.18. The van der Waals surface area contributed by atoms with Gasteiger partial charge >= 0.3 is 11.9 Å². The zero-order chi connectivity index (χ0) is 10.8. The fourth-order valence-electron chi connectivity index (χ4n) is 1.44. The van der Waals surface area contributed by atoms with Crippen LogP contribution in [-0.4, -0.2) is 25.0 Å². The van der Waals surface area contributed by atoms with Gasteiger partial charge in [-0.2, -0.15) is 0 Å². The summed E-state index contributed by atoms with van der Waals surface area (Å²) in [4.78, 5) is 23.8. The molecule has 15 heavy (non-hydrogen) atoms. The van der Waals surface area contributed by atoms with Crippen molar-refractivity contribution in [2.24, 2.45) is 0 Å². The van der Waals surface area contributed by atoms with Crippen LogP contribution >= 0.6 is 15.9 Å². The van der Waals surface area contributed by atoms with Crippen LogP contribution in [0.3, 0.4) is 0 Å². The minimum atomic E-state index is -0.512. The number of rotatable bonds is 1. The largest absolute Gasteiger partial charge is 0.390 e. The summed E-state index contributed by atoms with van der Waals surface area (Å²) in [6.07, 6.45) is 0. The summed E-state index contributed by atoms with van der Waals surface area (Å²) < 4.78 is 5.30. The second-order valence-electron chi connectivity index (χ2n) is 3.15. The highest BCUT2D eigenvalue weighted by atomic mass is 79.9. The van der Waals surface area contributed by atoms with Crippen LogP contribution in [0.2, 0.25) is 0 Å². The Kier molecular flexibility index (Phi) is 2.73. The van der Waals surface area contributed by atoms with Crippen LogP contribution in [0.15, 0.2) is 28.7 Å². The van der Waals surface area contributed by atoms with Crippen molar-refractivity contribution < 1.29 is 14.3 Å². The molecule has 0 aromatic heterocycles. The van der Waals surface area contributed by atoms with E-state index in [1.54, 1.807) is 4.90 Å². The van der Waals surface area contributed by atoms with Crippen molar-refractivity contribution in [3.8, 4) is 0 Å². The zero-order valence-corrected chi connectivity index (χ0v) is 9.36. The maximum absolute atomic E-state index is 11.1. The first kappa shape index (κ1) is 10.2. The van der Waals surface area contributed by atoms with E-state index in [-0.39, 0.29) is 13.1 Å². The third-order valence-corrected chi connectivity index (χ3v) is 2.73. The number of hydrogen-bond donors (Lipinski definition) is 0. The van der Waals surface area contributed by atoms with Gasteiger partial charge in [0.2, 0.25) is 0 Å². The Labute approximate surface area is 94.9 Å². The van der Waals surface area contributed by atoms with E-state index in [2.05, 4.69) is 20.7 Å². The van der Waals surface area contributed by atoms with E-state index in [1.807, 2.05) is 24.3 Å². The van der Waals surface area contributed by atoms with Gasteiger partial charge in [-0.25, -0.2) is 9.59 Å². The summed E-state index contributed by atoms with van der Waals surface area (Å²) in [5, 5.41) is 0. The van der Waals surface area contributed by atoms with Crippen LogP contribution in [0, 0.1) is 0 Å². The molecule has 1 aliphatic heterocycles. The summed E-state index contributed by atoms with van der Waals surface area (Å²) in [6, 6.07) is 7.43. The molecule has 0 spiro atoms. The number of nitrogens with zero attached hydrogens (tertiary/aromatic N) is 1. The van der Waals surface area contributed by atoms with Crippen molar-refractivity contribution in [2.45, 2.75) is 0 Å². The molecule has 1 aromatic carbocycles. The van der Waals surface area contributed by atoms with E-state index in [0.29, 0.717) is 0 Å². The number of morpholine rings is 1. The highest BCUT2D eigenvalue weighted by Gasteiger charge is 2.25. The molecule has 1 aromatic rings. The third-order valence-electron chi connectivity index (χ3n) is 2.06. The van der Waals surface area contributed by atoms with Crippen LogP contribution < -0.4 is 4.90 Å². The fourth-order valence-corrected chi connectivity index (χ4v) is 1.97. The summed E-state index contributed by atoms with van der Waals surface area (Å²) in [5.74, 6) is -1.02.